The molecule has 0 radical (unpaired) electrons. The van der Waals surface area contributed by atoms with E-state index in [-0.39, 0.29) is 10.7 Å². The first-order valence-corrected chi connectivity index (χ1v) is 11.2. The smallest absolute Gasteiger partial charge is 0.243 e. The zero-order valence-corrected chi connectivity index (χ0v) is 17.5. The Balaban J connectivity index is 1.42. The summed E-state index contributed by atoms with van der Waals surface area (Å²) in [7, 11) is -3.59. The molecule has 0 aromatic heterocycles. The van der Waals surface area contributed by atoms with Crippen molar-refractivity contribution in [2.45, 2.75) is 11.4 Å². The molecule has 2 aromatic carbocycles. The summed E-state index contributed by atoms with van der Waals surface area (Å²) >= 11 is 3.38. The minimum absolute atomic E-state index is 0.214. The van der Waals surface area contributed by atoms with Crippen LogP contribution in [0, 0.1) is 5.82 Å². The van der Waals surface area contributed by atoms with Crippen molar-refractivity contribution >= 4 is 26.0 Å². The quantitative estimate of drug-likeness (QED) is 0.687. The average molecular weight is 471 g/mol. The molecule has 6 nitrogen and oxygen atoms in total. The van der Waals surface area contributed by atoms with E-state index >= 15 is 0 Å². The van der Waals surface area contributed by atoms with Crippen LogP contribution in [0.4, 0.5) is 4.39 Å². The Bertz CT molecular complexity index is 978. The van der Waals surface area contributed by atoms with Crippen LogP contribution in [0.3, 0.4) is 0 Å². The summed E-state index contributed by atoms with van der Waals surface area (Å²) in [5, 5.41) is 0. The van der Waals surface area contributed by atoms with Crippen molar-refractivity contribution in [3.8, 4) is 11.5 Å². The molecule has 0 spiro atoms. The summed E-state index contributed by atoms with van der Waals surface area (Å²) < 4.78 is 52.4. The molecule has 0 atom stereocenters. The second-order valence-electron chi connectivity index (χ2n) is 6.72. The van der Waals surface area contributed by atoms with E-state index in [1.54, 1.807) is 18.2 Å². The predicted octanol–water partition coefficient (Wildman–Crippen LogP) is 2.87. The number of piperazine rings is 1. The normalized spacial score (nSPS) is 18.2. The molecule has 0 amide bonds. The first kappa shape index (κ1) is 19.6. The minimum Gasteiger partial charge on any atom is -0.486 e. The lowest BCUT2D eigenvalue weighted by Gasteiger charge is -2.34. The molecule has 0 N–H and O–H groups in total. The van der Waals surface area contributed by atoms with Crippen LogP contribution in [-0.2, 0) is 16.6 Å². The molecular formula is C19H20BrFN2O4S. The summed E-state index contributed by atoms with van der Waals surface area (Å²) in [5.41, 5.74) is 0.976. The van der Waals surface area contributed by atoms with Crippen LogP contribution in [0.1, 0.15) is 5.56 Å². The van der Waals surface area contributed by atoms with Gasteiger partial charge in [-0.2, -0.15) is 4.31 Å². The molecular weight excluding hydrogens is 451 g/mol. The highest BCUT2D eigenvalue weighted by Crippen LogP contribution is 2.33. The first-order chi connectivity index (χ1) is 13.4. The minimum atomic E-state index is -3.59. The molecule has 1 saturated heterocycles. The third kappa shape index (κ3) is 4.03. The van der Waals surface area contributed by atoms with Crippen molar-refractivity contribution in [1.82, 2.24) is 9.21 Å². The zero-order chi connectivity index (χ0) is 19.7. The molecule has 2 aliphatic heterocycles. The van der Waals surface area contributed by atoms with Crippen LogP contribution in [-0.4, -0.2) is 57.0 Å². The maximum atomic E-state index is 13.2. The van der Waals surface area contributed by atoms with E-state index < -0.39 is 10.0 Å². The van der Waals surface area contributed by atoms with E-state index in [0.29, 0.717) is 57.4 Å². The van der Waals surface area contributed by atoms with Crippen LogP contribution in [0.5, 0.6) is 11.5 Å². The van der Waals surface area contributed by atoms with Crippen LogP contribution < -0.4 is 9.47 Å². The number of halogens is 2. The number of sulfonamides is 1. The summed E-state index contributed by atoms with van der Waals surface area (Å²) in [6, 6.07) is 9.36. The second-order valence-corrected chi connectivity index (χ2v) is 9.51. The fraction of sp³-hybridized carbons (Fsp3) is 0.368. The van der Waals surface area contributed by atoms with Crippen molar-refractivity contribution in [2.75, 3.05) is 39.4 Å². The van der Waals surface area contributed by atoms with Gasteiger partial charge < -0.3 is 9.47 Å². The monoisotopic (exact) mass is 470 g/mol. The van der Waals surface area contributed by atoms with Gasteiger partial charge in [0.25, 0.3) is 0 Å². The zero-order valence-electron chi connectivity index (χ0n) is 15.1. The fourth-order valence-corrected chi connectivity index (χ4v) is 5.27. The Morgan fingerprint density at radius 2 is 1.68 bits per heavy atom. The van der Waals surface area contributed by atoms with Crippen molar-refractivity contribution in [3.63, 3.8) is 0 Å². The van der Waals surface area contributed by atoms with E-state index in [4.69, 9.17) is 9.47 Å². The lowest BCUT2D eigenvalue weighted by atomic mass is 10.2. The third-order valence-corrected chi connectivity index (χ3v) is 7.52. The summed E-state index contributed by atoms with van der Waals surface area (Å²) in [4.78, 5) is 2.37. The lowest BCUT2D eigenvalue weighted by Crippen LogP contribution is -2.48. The number of nitrogens with zero attached hydrogens (tertiary/aromatic N) is 2. The van der Waals surface area contributed by atoms with Crippen LogP contribution >= 0.6 is 15.9 Å². The highest BCUT2D eigenvalue weighted by Gasteiger charge is 2.30. The van der Waals surface area contributed by atoms with E-state index in [1.807, 2.05) is 0 Å². The highest BCUT2D eigenvalue weighted by molar-refractivity contribution is 9.10. The number of benzene rings is 2. The van der Waals surface area contributed by atoms with Gasteiger partial charge in [-0.3, -0.25) is 4.90 Å². The molecule has 0 aliphatic carbocycles. The van der Waals surface area contributed by atoms with Crippen molar-refractivity contribution < 1.29 is 22.3 Å². The van der Waals surface area contributed by atoms with Gasteiger partial charge in [-0.05, 0) is 29.8 Å². The van der Waals surface area contributed by atoms with E-state index in [2.05, 4.69) is 20.8 Å². The molecule has 0 bridgehead atoms. The Morgan fingerprint density at radius 1 is 0.964 bits per heavy atom. The Morgan fingerprint density at radius 3 is 2.39 bits per heavy atom. The summed E-state index contributed by atoms with van der Waals surface area (Å²) in [5.74, 6) is 0.748. The predicted molar refractivity (Wildman–Crippen MR) is 106 cm³/mol. The number of fused-ring (bicyclic) bond motifs is 1. The lowest BCUT2D eigenvalue weighted by molar-refractivity contribution is 0.170. The molecule has 2 aliphatic rings. The van der Waals surface area contributed by atoms with Gasteiger partial charge in [-0.1, -0.05) is 22.0 Å². The second kappa shape index (κ2) is 7.98. The summed E-state index contributed by atoms with van der Waals surface area (Å²) in [6.45, 7) is 3.52. The maximum absolute atomic E-state index is 13.2. The van der Waals surface area contributed by atoms with Crippen molar-refractivity contribution in [1.29, 1.82) is 0 Å². The Hall–Kier alpha value is -1.68. The molecule has 2 aromatic rings. The molecule has 28 heavy (non-hydrogen) atoms. The van der Waals surface area contributed by atoms with Crippen LogP contribution in [0.2, 0.25) is 0 Å². The Kier molecular flexibility index (Phi) is 5.59. The summed E-state index contributed by atoms with van der Waals surface area (Å²) in [6.07, 6.45) is 0. The molecule has 0 saturated carbocycles. The molecule has 4 rings (SSSR count). The molecule has 9 heteroatoms. The molecule has 0 unspecified atom stereocenters. The van der Waals surface area contributed by atoms with Gasteiger partial charge >= 0.3 is 0 Å². The highest BCUT2D eigenvalue weighted by atomic mass is 79.9. The topological polar surface area (TPSA) is 59.1 Å². The number of ether oxygens (including phenoxy) is 2. The van der Waals surface area contributed by atoms with Crippen molar-refractivity contribution in [2.24, 2.45) is 0 Å². The molecule has 2 heterocycles. The third-order valence-electron chi connectivity index (χ3n) is 4.89. The van der Waals surface area contributed by atoms with Crippen LogP contribution in [0.25, 0.3) is 0 Å². The largest absolute Gasteiger partial charge is 0.486 e. The molecule has 150 valence electrons. The van der Waals surface area contributed by atoms with Gasteiger partial charge in [0.2, 0.25) is 10.0 Å². The van der Waals surface area contributed by atoms with Crippen LogP contribution in [0.15, 0.2) is 45.8 Å². The Labute approximate surface area is 172 Å². The molecule has 1 fully saturated rings. The number of hydrogen-bond donors (Lipinski definition) is 0. The standard InChI is InChI=1S/C19H20BrFN2O4S/c20-17-11-15(21)2-1-14(17)13-22-5-7-23(8-6-22)28(24,25)16-3-4-18-19(12-16)27-10-9-26-18/h1-4,11-12H,5-10,13H2. The SMILES string of the molecule is O=S(=O)(c1ccc2c(c1)OCCO2)N1CCN(Cc2ccc(F)cc2Br)CC1. The average Bonchev–Trinajstić information content (AvgIpc) is 2.70. The fourth-order valence-electron chi connectivity index (χ4n) is 3.35. The number of rotatable bonds is 4. The van der Waals surface area contributed by atoms with Gasteiger partial charge in [0.05, 0.1) is 4.90 Å². The van der Waals surface area contributed by atoms with Gasteiger partial charge in [0, 0.05) is 43.3 Å². The van der Waals surface area contributed by atoms with Gasteiger partial charge in [-0.25, -0.2) is 12.8 Å². The number of hydrogen-bond acceptors (Lipinski definition) is 5. The van der Waals surface area contributed by atoms with E-state index in [1.165, 1.54) is 22.5 Å². The van der Waals surface area contributed by atoms with Gasteiger partial charge in [-0.15, -0.1) is 0 Å². The van der Waals surface area contributed by atoms with Gasteiger partial charge in [0.1, 0.15) is 19.0 Å². The first-order valence-electron chi connectivity index (χ1n) is 8.99. The van der Waals surface area contributed by atoms with Gasteiger partial charge in [0.15, 0.2) is 11.5 Å². The van der Waals surface area contributed by atoms with E-state index in [0.717, 1.165) is 10.0 Å². The van der Waals surface area contributed by atoms with E-state index in [9.17, 15) is 12.8 Å². The van der Waals surface area contributed by atoms with Crippen molar-refractivity contribution in [3.05, 3.63) is 52.3 Å². The maximum Gasteiger partial charge on any atom is 0.243 e.